The fourth-order valence-electron chi connectivity index (χ4n) is 3.23. The maximum absolute atomic E-state index is 14.0. The summed E-state index contributed by atoms with van der Waals surface area (Å²) >= 11 is 5.75. The zero-order valence-corrected chi connectivity index (χ0v) is 13.8. The number of rotatable bonds is 3. The minimum atomic E-state index is -0.838. The van der Waals surface area contributed by atoms with Crippen LogP contribution in [0.15, 0.2) is 18.2 Å². The molecule has 2 fully saturated rings. The summed E-state index contributed by atoms with van der Waals surface area (Å²) in [5.41, 5.74) is 0.271. The smallest absolute Gasteiger partial charge is 0.325 e. The molecule has 3 atom stereocenters. The van der Waals surface area contributed by atoms with Crippen LogP contribution in [0.3, 0.4) is 0 Å². The van der Waals surface area contributed by atoms with Gasteiger partial charge in [-0.2, -0.15) is 0 Å². The minimum absolute atomic E-state index is 0.0234. The van der Waals surface area contributed by atoms with Gasteiger partial charge in [-0.15, -0.1) is 0 Å². The number of amides is 4. The molecule has 0 aliphatic carbocycles. The lowest BCUT2D eigenvalue weighted by Crippen LogP contribution is -2.56. The summed E-state index contributed by atoms with van der Waals surface area (Å²) in [6.45, 7) is 1.76. The molecule has 128 valence electrons. The van der Waals surface area contributed by atoms with Crippen molar-refractivity contribution in [1.82, 2.24) is 15.5 Å². The van der Waals surface area contributed by atoms with Crippen molar-refractivity contribution >= 4 is 29.4 Å². The maximum atomic E-state index is 14.0. The zero-order valence-electron chi connectivity index (χ0n) is 13.0. The average molecular weight is 354 g/mol. The second-order valence-corrected chi connectivity index (χ2v) is 6.50. The highest BCUT2D eigenvalue weighted by Crippen LogP contribution is 2.24. The van der Waals surface area contributed by atoms with Crippen LogP contribution in [0.5, 0.6) is 0 Å². The van der Waals surface area contributed by atoms with Crippen LogP contribution in [0.1, 0.15) is 25.3 Å². The van der Waals surface area contributed by atoms with Crippen LogP contribution in [0.2, 0.25) is 5.02 Å². The third-order valence-corrected chi connectivity index (χ3v) is 4.76. The Balaban J connectivity index is 1.77. The summed E-state index contributed by atoms with van der Waals surface area (Å²) in [5, 5.41) is 5.31. The number of benzene rings is 1. The van der Waals surface area contributed by atoms with Crippen molar-refractivity contribution in [3.63, 3.8) is 0 Å². The molecule has 3 rings (SSSR count). The predicted octanol–water partition coefficient (Wildman–Crippen LogP) is 1.61. The fraction of sp³-hybridized carbons (Fsp3) is 0.438. The van der Waals surface area contributed by atoms with Crippen LogP contribution in [-0.4, -0.2) is 40.9 Å². The summed E-state index contributed by atoms with van der Waals surface area (Å²) in [4.78, 5) is 37.4. The number of imide groups is 1. The van der Waals surface area contributed by atoms with Gasteiger partial charge in [-0.05, 0) is 25.0 Å². The summed E-state index contributed by atoms with van der Waals surface area (Å²) in [6, 6.07) is 2.49. The van der Waals surface area contributed by atoms with Crippen LogP contribution in [0, 0.1) is 5.82 Å². The van der Waals surface area contributed by atoms with Crippen LogP contribution >= 0.6 is 11.6 Å². The van der Waals surface area contributed by atoms with Crippen molar-refractivity contribution in [2.45, 2.75) is 44.3 Å². The molecule has 2 heterocycles. The molecule has 4 amide bonds. The molecule has 8 heteroatoms. The first-order valence-corrected chi connectivity index (χ1v) is 8.12. The number of nitrogens with one attached hydrogen (secondary N) is 2. The van der Waals surface area contributed by atoms with Crippen molar-refractivity contribution in [2.24, 2.45) is 0 Å². The quantitative estimate of drug-likeness (QED) is 0.810. The molecule has 2 N–H and O–H groups in total. The largest absolute Gasteiger partial charge is 0.352 e. The van der Waals surface area contributed by atoms with E-state index in [1.54, 1.807) is 13.0 Å². The van der Waals surface area contributed by atoms with Gasteiger partial charge in [0, 0.05) is 18.9 Å². The highest BCUT2D eigenvalue weighted by Gasteiger charge is 2.45. The molecule has 24 heavy (non-hydrogen) atoms. The molecule has 0 bridgehead atoms. The molecule has 2 aliphatic heterocycles. The summed E-state index contributed by atoms with van der Waals surface area (Å²) in [6.07, 6.45) is 0.713. The number of carbonyl (C=O) groups is 3. The van der Waals surface area contributed by atoms with E-state index in [4.69, 9.17) is 11.6 Å². The monoisotopic (exact) mass is 353 g/mol. The van der Waals surface area contributed by atoms with Gasteiger partial charge in [-0.3, -0.25) is 14.5 Å². The van der Waals surface area contributed by atoms with Gasteiger partial charge in [0.1, 0.15) is 11.9 Å². The van der Waals surface area contributed by atoms with Gasteiger partial charge in [0.15, 0.2) is 0 Å². The molecule has 1 aromatic carbocycles. The molecule has 1 aromatic rings. The van der Waals surface area contributed by atoms with E-state index in [1.807, 2.05) is 0 Å². The van der Waals surface area contributed by atoms with E-state index >= 15 is 0 Å². The third kappa shape index (κ3) is 2.96. The molecule has 2 aliphatic rings. The first kappa shape index (κ1) is 16.7. The van der Waals surface area contributed by atoms with Crippen LogP contribution in [0.4, 0.5) is 9.18 Å². The summed E-state index contributed by atoms with van der Waals surface area (Å²) in [5.74, 6) is -1.09. The SMILES string of the molecule is CC1NC(=O)CCC1N1C(=O)NC(Cc2cccc(Cl)c2F)C1=O. The molecular formula is C16H17ClFN3O3. The van der Waals surface area contributed by atoms with Gasteiger partial charge in [-0.1, -0.05) is 23.7 Å². The minimum Gasteiger partial charge on any atom is -0.352 e. The lowest BCUT2D eigenvalue weighted by atomic mass is 9.97. The van der Waals surface area contributed by atoms with Crippen molar-refractivity contribution in [2.75, 3.05) is 0 Å². The molecule has 0 aromatic heterocycles. The Morgan fingerprint density at radius 2 is 2.04 bits per heavy atom. The lowest BCUT2D eigenvalue weighted by molar-refractivity contribution is -0.132. The number of carbonyl (C=O) groups excluding carboxylic acids is 3. The Hall–Kier alpha value is -2.15. The molecule has 2 saturated heterocycles. The van der Waals surface area contributed by atoms with Crippen molar-refractivity contribution in [1.29, 1.82) is 0 Å². The van der Waals surface area contributed by atoms with E-state index in [2.05, 4.69) is 10.6 Å². The highest BCUT2D eigenvalue weighted by molar-refractivity contribution is 6.30. The standard InChI is InChI=1S/C16H17ClFN3O3/c1-8-12(5-6-13(22)19-8)21-15(23)11(20-16(21)24)7-9-3-2-4-10(17)14(9)18/h2-4,8,11-12H,5-7H2,1H3,(H,19,22)(H,20,24). The average Bonchev–Trinajstić information content (AvgIpc) is 2.79. The number of hydrogen-bond donors (Lipinski definition) is 2. The van der Waals surface area contributed by atoms with E-state index in [0.717, 1.165) is 4.90 Å². The molecule has 0 saturated carbocycles. The lowest BCUT2D eigenvalue weighted by Gasteiger charge is -2.34. The Morgan fingerprint density at radius 1 is 1.29 bits per heavy atom. The number of hydrogen-bond acceptors (Lipinski definition) is 3. The number of nitrogens with zero attached hydrogens (tertiary/aromatic N) is 1. The Bertz CT molecular complexity index is 712. The van der Waals surface area contributed by atoms with Gasteiger partial charge in [0.2, 0.25) is 5.91 Å². The number of urea groups is 1. The van der Waals surface area contributed by atoms with E-state index < -0.39 is 29.8 Å². The van der Waals surface area contributed by atoms with Gasteiger partial charge in [0.05, 0.1) is 11.1 Å². The summed E-state index contributed by atoms with van der Waals surface area (Å²) in [7, 11) is 0. The molecule has 0 radical (unpaired) electrons. The van der Waals surface area contributed by atoms with Crippen LogP contribution in [0.25, 0.3) is 0 Å². The third-order valence-electron chi connectivity index (χ3n) is 4.47. The summed E-state index contributed by atoms with van der Waals surface area (Å²) < 4.78 is 14.0. The van der Waals surface area contributed by atoms with E-state index in [1.165, 1.54) is 12.1 Å². The zero-order chi connectivity index (χ0) is 17.4. The maximum Gasteiger partial charge on any atom is 0.325 e. The van der Waals surface area contributed by atoms with Gasteiger partial charge in [-0.25, -0.2) is 9.18 Å². The first-order valence-electron chi connectivity index (χ1n) is 7.74. The Morgan fingerprint density at radius 3 is 2.75 bits per heavy atom. The second kappa shape index (κ2) is 6.39. The topological polar surface area (TPSA) is 78.5 Å². The van der Waals surface area contributed by atoms with Crippen molar-refractivity contribution in [3.8, 4) is 0 Å². The Kier molecular flexibility index (Phi) is 4.45. The second-order valence-electron chi connectivity index (χ2n) is 6.09. The van der Waals surface area contributed by atoms with Gasteiger partial charge < -0.3 is 10.6 Å². The number of halogens is 2. The number of piperidine rings is 1. The highest BCUT2D eigenvalue weighted by atomic mass is 35.5. The van der Waals surface area contributed by atoms with Crippen molar-refractivity contribution < 1.29 is 18.8 Å². The normalized spacial score (nSPS) is 27.2. The van der Waals surface area contributed by atoms with Crippen LogP contribution < -0.4 is 10.6 Å². The van der Waals surface area contributed by atoms with Gasteiger partial charge in [0.25, 0.3) is 5.91 Å². The molecule has 6 nitrogen and oxygen atoms in total. The van der Waals surface area contributed by atoms with E-state index in [0.29, 0.717) is 6.42 Å². The van der Waals surface area contributed by atoms with E-state index in [-0.39, 0.29) is 35.4 Å². The molecule has 3 unspecified atom stereocenters. The van der Waals surface area contributed by atoms with E-state index in [9.17, 15) is 18.8 Å². The van der Waals surface area contributed by atoms with Crippen molar-refractivity contribution in [3.05, 3.63) is 34.6 Å². The Labute approximate surface area is 143 Å². The van der Waals surface area contributed by atoms with Crippen LogP contribution in [-0.2, 0) is 16.0 Å². The molecular weight excluding hydrogens is 337 g/mol. The first-order chi connectivity index (χ1) is 11.4. The van der Waals surface area contributed by atoms with Gasteiger partial charge >= 0.3 is 6.03 Å². The predicted molar refractivity (Wildman–Crippen MR) is 84.9 cm³/mol. The molecule has 0 spiro atoms. The fourth-order valence-corrected chi connectivity index (χ4v) is 3.42.